The highest BCUT2D eigenvalue weighted by atomic mass is 35.5. The molecule has 0 N–H and O–H groups in total. The maximum absolute atomic E-state index is 13.9. The third-order valence-electron chi connectivity index (χ3n) is 4.58. The predicted octanol–water partition coefficient (Wildman–Crippen LogP) is 3.06. The molecule has 1 aromatic carbocycles. The quantitative estimate of drug-likeness (QED) is 0.516. The molecule has 1 aliphatic rings. The molecule has 1 fully saturated rings. The number of carbonyl (C=O) groups is 1. The monoisotopic (exact) mass is 451 g/mol. The molecule has 29 heavy (non-hydrogen) atoms. The first-order valence-electron chi connectivity index (χ1n) is 8.69. The minimum absolute atomic E-state index is 0.0264. The molecule has 0 bridgehead atoms. The van der Waals surface area contributed by atoms with Crippen molar-refractivity contribution < 1.29 is 22.4 Å². The van der Waals surface area contributed by atoms with E-state index in [0.29, 0.717) is 43.3 Å². The lowest BCUT2D eigenvalue weighted by Crippen LogP contribution is -2.48. The van der Waals surface area contributed by atoms with E-state index in [4.69, 9.17) is 11.6 Å². The topological polar surface area (TPSA) is 54.3 Å². The molecule has 0 aliphatic carbocycles. The number of thioether (sulfide) groups is 1. The predicted molar refractivity (Wildman–Crippen MR) is 100.0 cm³/mol. The van der Waals surface area contributed by atoms with Crippen molar-refractivity contribution >= 4 is 29.3 Å². The summed E-state index contributed by atoms with van der Waals surface area (Å²) in [4.78, 5) is 16.0. The SMILES string of the molecule is Cn1c(SCC(=O)N2CCN(Cc3c(F)cccc3Cl)CC2)nnc1C(F)(F)F. The van der Waals surface area contributed by atoms with Crippen molar-refractivity contribution in [2.75, 3.05) is 31.9 Å². The summed E-state index contributed by atoms with van der Waals surface area (Å²) in [5.74, 6) is -1.71. The zero-order valence-electron chi connectivity index (χ0n) is 15.4. The van der Waals surface area contributed by atoms with Crippen LogP contribution in [0.15, 0.2) is 23.4 Å². The largest absolute Gasteiger partial charge is 0.451 e. The third kappa shape index (κ3) is 5.20. The van der Waals surface area contributed by atoms with Crippen LogP contribution in [0.5, 0.6) is 0 Å². The molecule has 2 heterocycles. The Morgan fingerprint density at radius 2 is 1.90 bits per heavy atom. The Hall–Kier alpha value is -1.85. The highest BCUT2D eigenvalue weighted by Crippen LogP contribution is 2.29. The van der Waals surface area contributed by atoms with Crippen LogP contribution in [0.25, 0.3) is 0 Å². The maximum Gasteiger partial charge on any atom is 0.451 e. The molecule has 3 rings (SSSR count). The van der Waals surface area contributed by atoms with E-state index < -0.39 is 12.0 Å². The van der Waals surface area contributed by atoms with E-state index in [9.17, 15) is 22.4 Å². The van der Waals surface area contributed by atoms with E-state index in [-0.39, 0.29) is 22.6 Å². The van der Waals surface area contributed by atoms with Crippen LogP contribution < -0.4 is 0 Å². The normalized spacial score (nSPS) is 15.7. The molecule has 1 aromatic heterocycles. The molecule has 1 aliphatic heterocycles. The van der Waals surface area contributed by atoms with E-state index >= 15 is 0 Å². The second-order valence-electron chi connectivity index (χ2n) is 6.51. The number of amides is 1. The smallest absolute Gasteiger partial charge is 0.339 e. The number of aromatic nitrogens is 3. The summed E-state index contributed by atoms with van der Waals surface area (Å²) < 4.78 is 53.0. The first kappa shape index (κ1) is 21.8. The fourth-order valence-electron chi connectivity index (χ4n) is 2.97. The number of carbonyl (C=O) groups excluding carboxylic acids is 1. The van der Waals surface area contributed by atoms with E-state index in [1.165, 1.54) is 13.1 Å². The summed E-state index contributed by atoms with van der Waals surface area (Å²) in [6, 6.07) is 4.53. The Kier molecular flexibility index (Phi) is 6.69. The van der Waals surface area contributed by atoms with Crippen molar-refractivity contribution in [2.24, 2.45) is 7.05 Å². The van der Waals surface area contributed by atoms with Gasteiger partial charge in [-0.25, -0.2) is 4.39 Å². The molecular formula is C17H18ClF4N5OS. The molecule has 0 saturated carbocycles. The van der Waals surface area contributed by atoms with Crippen LogP contribution in [0.2, 0.25) is 5.02 Å². The van der Waals surface area contributed by atoms with E-state index in [2.05, 4.69) is 10.2 Å². The lowest BCUT2D eigenvalue weighted by Gasteiger charge is -2.34. The molecule has 6 nitrogen and oxygen atoms in total. The van der Waals surface area contributed by atoms with Crippen molar-refractivity contribution in [1.82, 2.24) is 24.6 Å². The van der Waals surface area contributed by atoms with Gasteiger partial charge >= 0.3 is 6.18 Å². The van der Waals surface area contributed by atoms with Gasteiger partial charge in [-0.2, -0.15) is 13.2 Å². The van der Waals surface area contributed by atoms with Crippen LogP contribution >= 0.6 is 23.4 Å². The summed E-state index contributed by atoms with van der Waals surface area (Å²) in [6.07, 6.45) is -4.60. The van der Waals surface area contributed by atoms with Crippen molar-refractivity contribution in [3.05, 3.63) is 40.4 Å². The van der Waals surface area contributed by atoms with Gasteiger partial charge in [0.15, 0.2) is 5.16 Å². The van der Waals surface area contributed by atoms with Gasteiger partial charge in [0.05, 0.1) is 5.75 Å². The molecule has 2 aromatic rings. The summed E-state index contributed by atoms with van der Waals surface area (Å²) in [6.45, 7) is 2.32. The minimum atomic E-state index is -4.60. The molecule has 1 saturated heterocycles. The molecule has 1 amide bonds. The van der Waals surface area contributed by atoms with Gasteiger partial charge in [-0.15, -0.1) is 10.2 Å². The van der Waals surface area contributed by atoms with Gasteiger partial charge in [-0.1, -0.05) is 29.4 Å². The second kappa shape index (κ2) is 8.88. The molecule has 12 heteroatoms. The zero-order chi connectivity index (χ0) is 21.2. The van der Waals surface area contributed by atoms with Gasteiger partial charge < -0.3 is 9.47 Å². The number of alkyl halides is 3. The molecule has 0 spiro atoms. The van der Waals surface area contributed by atoms with Crippen LogP contribution in [0, 0.1) is 5.82 Å². The first-order valence-corrected chi connectivity index (χ1v) is 10.1. The number of piperazine rings is 1. The standard InChI is InChI=1S/C17H18ClF4N5OS/c1-25-15(17(20,21)22)23-24-16(25)29-10-14(28)27-7-5-26(6-8-27)9-11-12(18)3-2-4-13(11)19/h2-4H,5-10H2,1H3. The van der Waals surface area contributed by atoms with Gasteiger partial charge in [0.1, 0.15) is 5.82 Å². The lowest BCUT2D eigenvalue weighted by molar-refractivity contribution is -0.147. The molecule has 0 unspecified atom stereocenters. The number of hydrogen-bond donors (Lipinski definition) is 0. The fourth-order valence-corrected chi connectivity index (χ4v) is 4.00. The maximum atomic E-state index is 13.9. The first-order chi connectivity index (χ1) is 13.7. The summed E-state index contributed by atoms with van der Waals surface area (Å²) in [5, 5.41) is 7.03. The van der Waals surface area contributed by atoms with Crippen molar-refractivity contribution in [3.8, 4) is 0 Å². The number of hydrogen-bond acceptors (Lipinski definition) is 5. The number of rotatable bonds is 5. The van der Waals surface area contributed by atoms with Crippen LogP contribution in [0.1, 0.15) is 11.4 Å². The minimum Gasteiger partial charge on any atom is -0.339 e. The summed E-state index contributed by atoms with van der Waals surface area (Å²) >= 11 is 6.96. The fraction of sp³-hybridized carbons (Fsp3) is 0.471. The van der Waals surface area contributed by atoms with Gasteiger partial charge in [-0.3, -0.25) is 9.69 Å². The van der Waals surface area contributed by atoms with Crippen LogP contribution in [0.3, 0.4) is 0 Å². The van der Waals surface area contributed by atoms with E-state index in [0.717, 1.165) is 16.3 Å². The molecular weight excluding hydrogens is 434 g/mol. The number of halogens is 5. The Morgan fingerprint density at radius 1 is 1.21 bits per heavy atom. The van der Waals surface area contributed by atoms with Crippen molar-refractivity contribution in [1.29, 1.82) is 0 Å². The van der Waals surface area contributed by atoms with Crippen LogP contribution in [-0.2, 0) is 24.6 Å². The van der Waals surface area contributed by atoms with Crippen molar-refractivity contribution in [2.45, 2.75) is 17.9 Å². The van der Waals surface area contributed by atoms with Crippen molar-refractivity contribution in [3.63, 3.8) is 0 Å². The van der Waals surface area contributed by atoms with Crippen LogP contribution in [-0.4, -0.2) is 62.4 Å². The Bertz CT molecular complexity index is 863. The Morgan fingerprint density at radius 3 is 2.48 bits per heavy atom. The van der Waals surface area contributed by atoms with Gasteiger partial charge in [0.2, 0.25) is 11.7 Å². The average molecular weight is 452 g/mol. The van der Waals surface area contributed by atoms with Gasteiger partial charge in [0.25, 0.3) is 0 Å². The Balaban J connectivity index is 1.50. The highest BCUT2D eigenvalue weighted by Gasteiger charge is 2.37. The lowest BCUT2D eigenvalue weighted by atomic mass is 10.2. The van der Waals surface area contributed by atoms with Gasteiger partial charge in [0, 0.05) is 50.4 Å². The van der Waals surface area contributed by atoms with E-state index in [1.807, 2.05) is 4.90 Å². The Labute approximate surface area is 173 Å². The second-order valence-corrected chi connectivity index (χ2v) is 7.86. The highest BCUT2D eigenvalue weighted by molar-refractivity contribution is 7.99. The zero-order valence-corrected chi connectivity index (χ0v) is 17.0. The number of benzene rings is 1. The van der Waals surface area contributed by atoms with E-state index in [1.54, 1.807) is 17.0 Å². The van der Waals surface area contributed by atoms with Crippen LogP contribution in [0.4, 0.5) is 17.6 Å². The molecule has 158 valence electrons. The van der Waals surface area contributed by atoms with Gasteiger partial charge in [-0.05, 0) is 12.1 Å². The number of nitrogens with zero attached hydrogens (tertiary/aromatic N) is 5. The molecule has 0 radical (unpaired) electrons. The average Bonchev–Trinajstić information content (AvgIpc) is 3.04. The molecule has 0 atom stereocenters. The summed E-state index contributed by atoms with van der Waals surface area (Å²) in [7, 11) is 1.21. The summed E-state index contributed by atoms with van der Waals surface area (Å²) in [5.41, 5.74) is 0.423. The third-order valence-corrected chi connectivity index (χ3v) is 5.94.